The van der Waals surface area contributed by atoms with Gasteiger partial charge in [-0.1, -0.05) is 13.3 Å². The van der Waals surface area contributed by atoms with E-state index in [1.165, 1.54) is 32.1 Å². The first-order valence-electron chi connectivity index (χ1n) is 8.92. The molecule has 1 saturated heterocycles. The van der Waals surface area contributed by atoms with Crippen LogP contribution >= 0.6 is 0 Å². The molecule has 4 aliphatic rings. The van der Waals surface area contributed by atoms with E-state index in [9.17, 15) is 0 Å². The Labute approximate surface area is 123 Å². The highest BCUT2D eigenvalue weighted by molar-refractivity contribution is 5.05. The molecule has 2 bridgehead atoms. The normalized spacial score (nSPS) is 47.9. The summed E-state index contributed by atoms with van der Waals surface area (Å²) in [4.78, 5) is 2.52. The molecule has 20 heavy (non-hydrogen) atoms. The maximum Gasteiger partial charge on any atom is 0.0826 e. The summed E-state index contributed by atoms with van der Waals surface area (Å²) in [5.74, 6) is 4.24. The molecule has 6 unspecified atom stereocenters. The molecule has 114 valence electrons. The average Bonchev–Trinajstić information content (AvgIpc) is 3.17. The molecule has 4 fully saturated rings. The van der Waals surface area contributed by atoms with Crippen LogP contribution in [0, 0.1) is 23.7 Å². The molecule has 3 aliphatic carbocycles. The van der Waals surface area contributed by atoms with Gasteiger partial charge in [-0.05, 0) is 55.9 Å². The molecule has 0 radical (unpaired) electrons. The van der Waals surface area contributed by atoms with Crippen molar-refractivity contribution in [1.82, 2.24) is 10.2 Å². The fourth-order valence-corrected chi connectivity index (χ4v) is 5.78. The number of nitrogens with one attached hydrogen (secondary N) is 1. The van der Waals surface area contributed by atoms with Crippen molar-refractivity contribution in [2.45, 2.75) is 51.2 Å². The lowest BCUT2D eigenvalue weighted by molar-refractivity contribution is -0.0276. The van der Waals surface area contributed by atoms with Gasteiger partial charge in [-0.2, -0.15) is 0 Å². The predicted molar refractivity (Wildman–Crippen MR) is 80.7 cm³/mol. The number of rotatable bonds is 4. The lowest BCUT2D eigenvalue weighted by Crippen LogP contribution is -2.49. The van der Waals surface area contributed by atoms with Gasteiger partial charge >= 0.3 is 0 Å². The smallest absolute Gasteiger partial charge is 0.0826 e. The molecule has 3 heteroatoms. The molecule has 1 heterocycles. The van der Waals surface area contributed by atoms with Crippen LogP contribution in [0.25, 0.3) is 0 Å². The molecule has 1 aliphatic heterocycles. The van der Waals surface area contributed by atoms with E-state index in [0.29, 0.717) is 6.10 Å². The van der Waals surface area contributed by atoms with Crippen molar-refractivity contribution in [2.24, 2.45) is 23.7 Å². The lowest BCUT2D eigenvalue weighted by Gasteiger charge is -2.36. The molecule has 0 aromatic rings. The quantitative estimate of drug-likeness (QED) is 0.852. The fourth-order valence-electron chi connectivity index (χ4n) is 5.78. The van der Waals surface area contributed by atoms with Crippen LogP contribution in [-0.2, 0) is 4.74 Å². The fraction of sp³-hybridized carbons (Fsp3) is 1.00. The number of morpholine rings is 1. The largest absolute Gasteiger partial charge is 0.374 e. The van der Waals surface area contributed by atoms with Crippen LogP contribution < -0.4 is 5.32 Å². The van der Waals surface area contributed by atoms with Crippen LogP contribution in [-0.4, -0.2) is 49.8 Å². The van der Waals surface area contributed by atoms with Gasteiger partial charge in [0.15, 0.2) is 0 Å². The van der Waals surface area contributed by atoms with E-state index in [0.717, 1.165) is 62.5 Å². The molecule has 6 atom stereocenters. The zero-order valence-electron chi connectivity index (χ0n) is 12.9. The highest BCUT2D eigenvalue weighted by Gasteiger charge is 2.53. The van der Waals surface area contributed by atoms with Crippen LogP contribution in [0.1, 0.15) is 39.0 Å². The van der Waals surface area contributed by atoms with Gasteiger partial charge in [0.25, 0.3) is 0 Å². The molecular formula is C17H30N2O. The third kappa shape index (κ3) is 2.32. The van der Waals surface area contributed by atoms with Crippen LogP contribution in [0.5, 0.6) is 0 Å². The van der Waals surface area contributed by atoms with Crippen molar-refractivity contribution in [3.8, 4) is 0 Å². The van der Waals surface area contributed by atoms with Crippen LogP contribution in [0.2, 0.25) is 0 Å². The van der Waals surface area contributed by atoms with Gasteiger partial charge in [0.1, 0.15) is 0 Å². The highest BCUT2D eigenvalue weighted by Crippen LogP contribution is 2.58. The minimum atomic E-state index is 0.419. The molecule has 3 nitrogen and oxygen atoms in total. The molecule has 0 aromatic carbocycles. The maximum absolute atomic E-state index is 5.93. The lowest BCUT2D eigenvalue weighted by atomic mass is 9.79. The van der Waals surface area contributed by atoms with Gasteiger partial charge < -0.3 is 10.1 Å². The number of hydrogen-bond donors (Lipinski definition) is 1. The zero-order valence-corrected chi connectivity index (χ0v) is 12.9. The van der Waals surface area contributed by atoms with Crippen molar-refractivity contribution >= 4 is 0 Å². The van der Waals surface area contributed by atoms with Crippen molar-refractivity contribution in [2.75, 3.05) is 32.8 Å². The third-order valence-electron chi connectivity index (χ3n) is 6.71. The highest BCUT2D eigenvalue weighted by atomic mass is 16.5. The Morgan fingerprint density at radius 3 is 2.95 bits per heavy atom. The molecule has 0 aromatic heterocycles. The van der Waals surface area contributed by atoms with Crippen LogP contribution in [0.4, 0.5) is 0 Å². The van der Waals surface area contributed by atoms with E-state index in [1.54, 1.807) is 0 Å². The van der Waals surface area contributed by atoms with Crippen LogP contribution in [0.15, 0.2) is 0 Å². The molecule has 1 N–H and O–H groups in total. The predicted octanol–water partition coefficient (Wildman–Crippen LogP) is 2.12. The molecular weight excluding hydrogens is 248 g/mol. The second-order valence-electron chi connectivity index (χ2n) is 7.55. The first-order chi connectivity index (χ1) is 9.85. The van der Waals surface area contributed by atoms with Crippen molar-refractivity contribution < 1.29 is 4.74 Å². The first kappa shape index (κ1) is 13.5. The minimum absolute atomic E-state index is 0.419. The van der Waals surface area contributed by atoms with Crippen molar-refractivity contribution in [3.05, 3.63) is 0 Å². The Morgan fingerprint density at radius 1 is 1.15 bits per heavy atom. The second-order valence-corrected chi connectivity index (χ2v) is 7.55. The Hall–Kier alpha value is -0.120. The maximum atomic E-state index is 5.93. The molecule has 0 amide bonds. The summed E-state index contributed by atoms with van der Waals surface area (Å²) in [7, 11) is 0. The summed E-state index contributed by atoms with van der Waals surface area (Å²) < 4.78 is 5.93. The summed E-state index contributed by atoms with van der Waals surface area (Å²) in [6.45, 7) is 7.65. The summed E-state index contributed by atoms with van der Waals surface area (Å²) >= 11 is 0. The third-order valence-corrected chi connectivity index (χ3v) is 6.71. The zero-order chi connectivity index (χ0) is 13.5. The molecule has 0 spiro atoms. The number of hydrogen-bond acceptors (Lipinski definition) is 3. The molecule has 3 saturated carbocycles. The van der Waals surface area contributed by atoms with Crippen molar-refractivity contribution in [1.29, 1.82) is 0 Å². The van der Waals surface area contributed by atoms with Crippen LogP contribution in [0.3, 0.4) is 0 Å². The average molecular weight is 278 g/mol. The van der Waals surface area contributed by atoms with Gasteiger partial charge in [0, 0.05) is 25.7 Å². The van der Waals surface area contributed by atoms with Crippen molar-refractivity contribution in [3.63, 3.8) is 0 Å². The number of ether oxygens (including phenoxy) is 1. The minimum Gasteiger partial charge on any atom is -0.374 e. The topological polar surface area (TPSA) is 24.5 Å². The van der Waals surface area contributed by atoms with E-state index in [4.69, 9.17) is 4.74 Å². The Morgan fingerprint density at radius 2 is 2.05 bits per heavy atom. The van der Waals surface area contributed by atoms with Gasteiger partial charge in [0.2, 0.25) is 0 Å². The van der Waals surface area contributed by atoms with Gasteiger partial charge in [-0.25, -0.2) is 0 Å². The summed E-state index contributed by atoms with van der Waals surface area (Å²) in [6, 6.07) is 0.806. The SMILES string of the molecule is CCN1CCOC(CNC2CC3CC2C2CCCC32)C1. The number of likely N-dealkylation sites (N-methyl/N-ethyl adjacent to an activating group) is 1. The van der Waals surface area contributed by atoms with E-state index < -0.39 is 0 Å². The Kier molecular flexibility index (Phi) is 3.78. The van der Waals surface area contributed by atoms with E-state index in [2.05, 4.69) is 17.1 Å². The number of fused-ring (bicyclic) bond motifs is 5. The summed E-state index contributed by atoms with van der Waals surface area (Å²) in [5, 5.41) is 3.89. The second kappa shape index (κ2) is 5.58. The van der Waals surface area contributed by atoms with E-state index in [1.807, 2.05) is 0 Å². The van der Waals surface area contributed by atoms with Gasteiger partial charge in [-0.15, -0.1) is 0 Å². The Balaban J connectivity index is 1.28. The first-order valence-corrected chi connectivity index (χ1v) is 8.92. The summed E-state index contributed by atoms with van der Waals surface area (Å²) in [6.07, 6.45) is 7.97. The Bertz CT molecular complexity index is 348. The standard InChI is InChI=1S/C17H30N2O/c1-2-19-6-7-20-13(11-19)10-18-17-9-12-8-16(17)15-5-3-4-14(12)15/h12-18H,2-11H2,1H3. The van der Waals surface area contributed by atoms with Gasteiger partial charge in [-0.3, -0.25) is 4.90 Å². The molecule has 4 rings (SSSR count). The monoisotopic (exact) mass is 278 g/mol. The number of nitrogens with zero attached hydrogens (tertiary/aromatic N) is 1. The van der Waals surface area contributed by atoms with E-state index >= 15 is 0 Å². The van der Waals surface area contributed by atoms with Gasteiger partial charge in [0.05, 0.1) is 12.7 Å². The summed E-state index contributed by atoms with van der Waals surface area (Å²) in [5.41, 5.74) is 0. The van der Waals surface area contributed by atoms with E-state index in [-0.39, 0.29) is 0 Å².